The van der Waals surface area contributed by atoms with E-state index < -0.39 is 0 Å². The minimum absolute atomic E-state index is 0.321. The monoisotopic (exact) mass is 238 g/mol. The van der Waals surface area contributed by atoms with Crippen LogP contribution in [0.15, 0.2) is 18.2 Å². The van der Waals surface area contributed by atoms with Gasteiger partial charge >= 0.3 is 0 Å². The lowest BCUT2D eigenvalue weighted by Crippen LogP contribution is -2.42. The molecule has 88 valence electrons. The predicted molar refractivity (Wildman–Crippen MR) is 68.8 cm³/mol. The highest BCUT2D eigenvalue weighted by Crippen LogP contribution is 2.31. The molecule has 1 fully saturated rings. The summed E-state index contributed by atoms with van der Waals surface area (Å²) in [6, 6.07) is 7.16. The van der Waals surface area contributed by atoms with Gasteiger partial charge in [-0.05, 0) is 44.0 Å². The van der Waals surface area contributed by atoms with Crippen LogP contribution in [-0.4, -0.2) is 24.5 Å². The van der Waals surface area contributed by atoms with E-state index in [0.29, 0.717) is 12.1 Å². The molecule has 0 spiro atoms. The highest BCUT2D eigenvalue weighted by atomic mass is 35.5. The van der Waals surface area contributed by atoms with E-state index in [1.54, 1.807) is 0 Å². The number of piperidine rings is 1. The van der Waals surface area contributed by atoms with E-state index in [4.69, 9.17) is 17.3 Å². The summed E-state index contributed by atoms with van der Waals surface area (Å²) >= 11 is 6.17. The molecule has 2 nitrogen and oxygen atoms in total. The fourth-order valence-corrected chi connectivity index (χ4v) is 2.61. The van der Waals surface area contributed by atoms with Gasteiger partial charge in [-0.2, -0.15) is 0 Å². The number of hydrogen-bond donors (Lipinski definition) is 1. The second-order valence-electron chi connectivity index (χ2n) is 4.80. The van der Waals surface area contributed by atoms with E-state index in [9.17, 15) is 0 Å². The van der Waals surface area contributed by atoms with Crippen molar-refractivity contribution >= 4 is 11.6 Å². The van der Waals surface area contributed by atoms with E-state index in [0.717, 1.165) is 30.0 Å². The second kappa shape index (κ2) is 4.74. The molecule has 0 amide bonds. The van der Waals surface area contributed by atoms with Crippen LogP contribution in [0.25, 0.3) is 0 Å². The molecule has 0 saturated carbocycles. The Balaban J connectivity index is 2.20. The molecule has 1 aromatic carbocycles. The zero-order chi connectivity index (χ0) is 11.7. The Kier molecular flexibility index (Phi) is 3.53. The number of aryl methyl sites for hydroxylation is 1. The summed E-state index contributed by atoms with van der Waals surface area (Å²) in [5.41, 5.74) is 8.40. The van der Waals surface area contributed by atoms with Gasteiger partial charge in [0.15, 0.2) is 0 Å². The van der Waals surface area contributed by atoms with Gasteiger partial charge in [-0.3, -0.25) is 4.90 Å². The Morgan fingerprint density at radius 2 is 2.12 bits per heavy atom. The number of likely N-dealkylation sites (N-methyl/N-ethyl adjacent to an activating group) is 1. The molecule has 1 heterocycles. The Morgan fingerprint density at radius 1 is 1.38 bits per heavy atom. The Bertz CT molecular complexity index is 378. The fourth-order valence-electron chi connectivity index (χ4n) is 2.42. The van der Waals surface area contributed by atoms with Crippen LogP contribution in [0.3, 0.4) is 0 Å². The van der Waals surface area contributed by atoms with Crippen LogP contribution < -0.4 is 5.73 Å². The molecule has 1 aliphatic heterocycles. The molecule has 1 aliphatic rings. The lowest BCUT2D eigenvalue weighted by atomic mass is 9.93. The van der Waals surface area contributed by atoms with Crippen molar-refractivity contribution in [2.45, 2.75) is 31.8 Å². The van der Waals surface area contributed by atoms with Crippen molar-refractivity contribution in [1.29, 1.82) is 0 Å². The normalized spacial score (nSPS) is 27.0. The molecule has 0 bridgehead atoms. The quantitative estimate of drug-likeness (QED) is 0.815. The number of benzene rings is 1. The lowest BCUT2D eigenvalue weighted by molar-refractivity contribution is 0.170. The minimum atomic E-state index is 0.321. The maximum absolute atomic E-state index is 6.17. The molecule has 1 aromatic rings. The third kappa shape index (κ3) is 2.40. The topological polar surface area (TPSA) is 29.3 Å². The molecule has 16 heavy (non-hydrogen) atoms. The van der Waals surface area contributed by atoms with Crippen molar-refractivity contribution in [3.8, 4) is 0 Å². The van der Waals surface area contributed by atoms with Crippen molar-refractivity contribution in [3.05, 3.63) is 34.3 Å². The molecule has 0 radical (unpaired) electrons. The number of nitrogens with two attached hydrogens (primary N) is 1. The van der Waals surface area contributed by atoms with Crippen molar-refractivity contribution in [3.63, 3.8) is 0 Å². The van der Waals surface area contributed by atoms with Gasteiger partial charge in [-0.25, -0.2) is 0 Å². The molecule has 2 atom stereocenters. The molecule has 2 rings (SSSR count). The summed E-state index contributed by atoms with van der Waals surface area (Å²) in [4.78, 5) is 2.33. The first-order chi connectivity index (χ1) is 7.58. The first-order valence-electron chi connectivity index (χ1n) is 5.80. The minimum Gasteiger partial charge on any atom is -0.327 e. The van der Waals surface area contributed by atoms with Gasteiger partial charge < -0.3 is 5.73 Å². The van der Waals surface area contributed by atoms with Crippen LogP contribution in [-0.2, 0) is 0 Å². The van der Waals surface area contributed by atoms with Crippen molar-refractivity contribution < 1.29 is 0 Å². The Hall–Kier alpha value is -0.570. The zero-order valence-corrected chi connectivity index (χ0v) is 10.7. The highest BCUT2D eigenvalue weighted by molar-refractivity contribution is 6.31. The van der Waals surface area contributed by atoms with Crippen LogP contribution in [0.2, 0.25) is 5.02 Å². The molecular formula is C13H19ClN2. The number of hydrogen-bond acceptors (Lipinski definition) is 2. The first kappa shape index (κ1) is 11.9. The van der Waals surface area contributed by atoms with Gasteiger partial charge in [0, 0.05) is 23.7 Å². The van der Waals surface area contributed by atoms with Crippen LogP contribution in [0.4, 0.5) is 0 Å². The standard InChI is InChI=1S/C13H19ClN2/c1-9-3-4-10(7-12(9)14)13-6-5-11(15)8-16(13)2/h3-4,7,11,13H,5-6,8,15H2,1-2H3. The maximum atomic E-state index is 6.17. The summed E-state index contributed by atoms with van der Waals surface area (Å²) in [6.07, 6.45) is 2.22. The molecule has 3 heteroatoms. The van der Waals surface area contributed by atoms with Crippen molar-refractivity contribution in [2.24, 2.45) is 5.73 Å². The molecule has 2 unspecified atom stereocenters. The van der Waals surface area contributed by atoms with E-state index in [1.807, 2.05) is 6.92 Å². The SMILES string of the molecule is Cc1ccc(C2CCC(N)CN2C)cc1Cl. The summed E-state index contributed by atoms with van der Waals surface area (Å²) in [5, 5.41) is 0.862. The van der Waals surface area contributed by atoms with E-state index >= 15 is 0 Å². The Morgan fingerprint density at radius 3 is 2.75 bits per heavy atom. The average Bonchev–Trinajstić information content (AvgIpc) is 2.22. The van der Waals surface area contributed by atoms with Gasteiger partial charge in [0.05, 0.1) is 0 Å². The smallest absolute Gasteiger partial charge is 0.0438 e. The van der Waals surface area contributed by atoms with Gasteiger partial charge in [-0.1, -0.05) is 23.7 Å². The molecular weight excluding hydrogens is 220 g/mol. The third-order valence-electron chi connectivity index (χ3n) is 3.45. The fraction of sp³-hybridized carbons (Fsp3) is 0.538. The van der Waals surface area contributed by atoms with Gasteiger partial charge in [-0.15, -0.1) is 0 Å². The molecule has 0 aromatic heterocycles. The van der Waals surface area contributed by atoms with Crippen molar-refractivity contribution in [1.82, 2.24) is 4.90 Å². The third-order valence-corrected chi connectivity index (χ3v) is 3.85. The highest BCUT2D eigenvalue weighted by Gasteiger charge is 2.24. The van der Waals surface area contributed by atoms with Gasteiger partial charge in [0.25, 0.3) is 0 Å². The predicted octanol–water partition coefficient (Wildman–Crippen LogP) is 2.74. The van der Waals surface area contributed by atoms with Gasteiger partial charge in [0.2, 0.25) is 0 Å². The largest absolute Gasteiger partial charge is 0.327 e. The van der Waals surface area contributed by atoms with Gasteiger partial charge in [0.1, 0.15) is 0 Å². The van der Waals surface area contributed by atoms with E-state index in [1.165, 1.54) is 5.56 Å². The molecule has 1 saturated heterocycles. The molecule has 2 N–H and O–H groups in total. The maximum Gasteiger partial charge on any atom is 0.0438 e. The second-order valence-corrected chi connectivity index (χ2v) is 5.21. The Labute approximate surface area is 102 Å². The summed E-state index contributed by atoms with van der Waals surface area (Å²) in [6.45, 7) is 3.00. The average molecular weight is 239 g/mol. The van der Waals surface area contributed by atoms with Crippen LogP contribution in [0.1, 0.15) is 30.0 Å². The summed E-state index contributed by atoms with van der Waals surface area (Å²) in [7, 11) is 2.14. The summed E-state index contributed by atoms with van der Waals surface area (Å²) in [5.74, 6) is 0. The van der Waals surface area contributed by atoms with E-state index in [2.05, 4.69) is 30.1 Å². The van der Waals surface area contributed by atoms with Crippen molar-refractivity contribution in [2.75, 3.05) is 13.6 Å². The summed E-state index contributed by atoms with van der Waals surface area (Å²) < 4.78 is 0. The number of likely N-dealkylation sites (tertiary alicyclic amines) is 1. The number of rotatable bonds is 1. The first-order valence-corrected chi connectivity index (χ1v) is 6.17. The zero-order valence-electron chi connectivity index (χ0n) is 9.91. The number of nitrogens with zero attached hydrogens (tertiary/aromatic N) is 1. The lowest BCUT2D eigenvalue weighted by Gasteiger charge is -2.36. The van der Waals surface area contributed by atoms with Crippen LogP contribution in [0, 0.1) is 6.92 Å². The van der Waals surface area contributed by atoms with Crippen LogP contribution in [0.5, 0.6) is 0 Å². The van der Waals surface area contributed by atoms with E-state index in [-0.39, 0.29) is 0 Å². The molecule has 0 aliphatic carbocycles. The van der Waals surface area contributed by atoms with Crippen LogP contribution >= 0.6 is 11.6 Å². The number of halogens is 1.